The molecule has 3 rings (SSSR count). The van der Waals surface area contributed by atoms with Gasteiger partial charge in [0.1, 0.15) is 6.04 Å². The van der Waals surface area contributed by atoms with Gasteiger partial charge in [-0.3, -0.25) is 9.59 Å². The Morgan fingerprint density at radius 3 is 2.31 bits per heavy atom. The van der Waals surface area contributed by atoms with Crippen molar-refractivity contribution in [3.05, 3.63) is 94.5 Å². The second kappa shape index (κ2) is 13.4. The summed E-state index contributed by atoms with van der Waals surface area (Å²) in [5.74, 6) is -0.631. The zero-order chi connectivity index (χ0) is 28.6. The Kier molecular flexibility index (Phi) is 10.3. The van der Waals surface area contributed by atoms with E-state index in [9.17, 15) is 22.8 Å². The van der Waals surface area contributed by atoms with Gasteiger partial charge < -0.3 is 15.5 Å². The fraction of sp³-hybridized carbons (Fsp3) is 0.355. The van der Waals surface area contributed by atoms with Crippen molar-refractivity contribution >= 4 is 11.8 Å². The molecule has 0 aliphatic rings. The molecule has 0 heterocycles. The molecule has 8 heteroatoms. The summed E-state index contributed by atoms with van der Waals surface area (Å²) in [7, 11) is 3.81. The van der Waals surface area contributed by atoms with Crippen LogP contribution in [0.4, 0.5) is 13.2 Å². The SMILES string of the molecule is CCCc1cc(C(=O)NC(Cc2ccc(-c3cccc(C(F)(F)F)c3)cc2)C(=O)NCCN(C)C)ccc1C. The molecule has 208 valence electrons. The first kappa shape index (κ1) is 29.9. The zero-order valence-electron chi connectivity index (χ0n) is 22.9. The van der Waals surface area contributed by atoms with Crippen molar-refractivity contribution in [3.63, 3.8) is 0 Å². The molecule has 39 heavy (non-hydrogen) atoms. The van der Waals surface area contributed by atoms with Gasteiger partial charge in [-0.25, -0.2) is 0 Å². The third-order valence-corrected chi connectivity index (χ3v) is 6.53. The van der Waals surface area contributed by atoms with Crippen molar-refractivity contribution in [1.29, 1.82) is 0 Å². The summed E-state index contributed by atoms with van der Waals surface area (Å²) >= 11 is 0. The molecular weight excluding hydrogens is 503 g/mol. The number of carbonyl (C=O) groups is 2. The summed E-state index contributed by atoms with van der Waals surface area (Å²) in [6.45, 7) is 5.17. The molecule has 1 unspecified atom stereocenters. The largest absolute Gasteiger partial charge is 0.416 e. The fourth-order valence-electron chi connectivity index (χ4n) is 4.27. The monoisotopic (exact) mass is 539 g/mol. The van der Waals surface area contributed by atoms with E-state index in [2.05, 4.69) is 17.6 Å². The summed E-state index contributed by atoms with van der Waals surface area (Å²) in [4.78, 5) is 28.2. The third-order valence-electron chi connectivity index (χ3n) is 6.53. The van der Waals surface area contributed by atoms with Crippen LogP contribution in [0.1, 0.15) is 46.0 Å². The van der Waals surface area contributed by atoms with Crippen LogP contribution in [-0.4, -0.2) is 49.9 Å². The molecule has 1 atom stereocenters. The van der Waals surface area contributed by atoms with Gasteiger partial charge in [0.15, 0.2) is 0 Å². The van der Waals surface area contributed by atoms with Crippen molar-refractivity contribution in [2.45, 2.75) is 45.3 Å². The number of rotatable bonds is 11. The van der Waals surface area contributed by atoms with Crippen LogP contribution in [0, 0.1) is 6.92 Å². The van der Waals surface area contributed by atoms with Crippen molar-refractivity contribution in [2.75, 3.05) is 27.2 Å². The number of alkyl halides is 3. The molecule has 2 amide bonds. The van der Waals surface area contributed by atoms with Crippen molar-refractivity contribution in [1.82, 2.24) is 15.5 Å². The van der Waals surface area contributed by atoms with Gasteiger partial charge in [0.25, 0.3) is 5.91 Å². The molecule has 0 radical (unpaired) electrons. The molecule has 3 aromatic rings. The van der Waals surface area contributed by atoms with Crippen molar-refractivity contribution in [3.8, 4) is 11.1 Å². The van der Waals surface area contributed by atoms with E-state index in [1.165, 1.54) is 6.07 Å². The number of aryl methyl sites for hydroxylation is 2. The van der Waals surface area contributed by atoms with Crippen molar-refractivity contribution < 1.29 is 22.8 Å². The molecule has 0 spiro atoms. The lowest BCUT2D eigenvalue weighted by Crippen LogP contribution is -2.49. The average molecular weight is 540 g/mol. The lowest BCUT2D eigenvalue weighted by molar-refractivity contribution is -0.137. The average Bonchev–Trinajstić information content (AvgIpc) is 2.89. The van der Waals surface area contributed by atoms with Crippen LogP contribution >= 0.6 is 0 Å². The zero-order valence-corrected chi connectivity index (χ0v) is 22.9. The van der Waals surface area contributed by atoms with Crippen LogP contribution in [0.3, 0.4) is 0 Å². The van der Waals surface area contributed by atoms with Gasteiger partial charge in [0.05, 0.1) is 5.56 Å². The van der Waals surface area contributed by atoms with Crippen LogP contribution < -0.4 is 10.6 Å². The molecule has 0 aromatic heterocycles. The Balaban J connectivity index is 1.80. The number of nitrogens with one attached hydrogen (secondary N) is 2. The predicted octanol–water partition coefficient (Wildman–Crippen LogP) is 5.65. The second-order valence-corrected chi connectivity index (χ2v) is 9.99. The molecule has 0 saturated carbocycles. The van der Waals surface area contributed by atoms with Crippen LogP contribution in [-0.2, 0) is 23.8 Å². The van der Waals surface area contributed by atoms with Gasteiger partial charge in [-0.15, -0.1) is 0 Å². The van der Waals surface area contributed by atoms with E-state index in [0.29, 0.717) is 29.8 Å². The number of benzene rings is 3. The number of nitrogens with zero attached hydrogens (tertiary/aromatic N) is 1. The van der Waals surface area contributed by atoms with Gasteiger partial charge in [-0.1, -0.05) is 55.8 Å². The number of carbonyl (C=O) groups excluding carboxylic acids is 2. The van der Waals surface area contributed by atoms with Gasteiger partial charge in [0, 0.05) is 25.1 Å². The molecule has 0 saturated heterocycles. The van der Waals surface area contributed by atoms with Crippen molar-refractivity contribution in [2.24, 2.45) is 0 Å². The highest BCUT2D eigenvalue weighted by molar-refractivity contribution is 5.97. The summed E-state index contributed by atoms with van der Waals surface area (Å²) in [6.07, 6.45) is -2.37. The van der Waals surface area contributed by atoms with E-state index in [1.54, 1.807) is 36.4 Å². The van der Waals surface area contributed by atoms with Gasteiger partial charge >= 0.3 is 6.18 Å². The standard InChI is InChI=1S/C31H36F3N3O2/c1-5-7-24-19-26(13-10-21(24)2)29(38)36-28(30(39)35-16-17-37(3)4)18-22-11-14-23(15-12-22)25-8-6-9-27(20-25)31(32,33)34/h6,8-15,19-20,28H,5,7,16-18H2,1-4H3,(H,35,39)(H,36,38). The smallest absolute Gasteiger partial charge is 0.353 e. The van der Waals surface area contributed by atoms with Crippen LogP contribution in [0.15, 0.2) is 66.7 Å². The Bertz CT molecular complexity index is 1270. The second-order valence-electron chi connectivity index (χ2n) is 9.99. The predicted molar refractivity (Wildman–Crippen MR) is 149 cm³/mol. The number of halogens is 3. The Morgan fingerprint density at radius 1 is 0.949 bits per heavy atom. The Hall–Kier alpha value is -3.65. The van der Waals surface area contributed by atoms with E-state index < -0.39 is 17.8 Å². The Labute approximate surface area is 228 Å². The van der Waals surface area contributed by atoms with E-state index in [-0.39, 0.29) is 18.2 Å². The molecule has 0 fully saturated rings. The fourth-order valence-corrected chi connectivity index (χ4v) is 4.27. The van der Waals surface area contributed by atoms with Gasteiger partial charge in [-0.05, 0) is 79.5 Å². The molecular formula is C31H36F3N3O2. The highest BCUT2D eigenvalue weighted by atomic mass is 19.4. The number of hydrogen-bond acceptors (Lipinski definition) is 3. The van der Waals surface area contributed by atoms with E-state index >= 15 is 0 Å². The maximum atomic E-state index is 13.2. The first-order valence-corrected chi connectivity index (χ1v) is 13.1. The number of hydrogen-bond donors (Lipinski definition) is 2. The number of likely N-dealkylation sites (N-methyl/N-ethyl adjacent to an activating group) is 1. The number of amides is 2. The molecule has 5 nitrogen and oxygen atoms in total. The summed E-state index contributed by atoms with van der Waals surface area (Å²) < 4.78 is 39.4. The lowest BCUT2D eigenvalue weighted by Gasteiger charge is -2.20. The first-order chi connectivity index (χ1) is 18.5. The van der Waals surface area contributed by atoms with E-state index in [1.807, 2.05) is 38.1 Å². The van der Waals surface area contributed by atoms with E-state index in [0.717, 1.165) is 41.7 Å². The summed E-state index contributed by atoms with van der Waals surface area (Å²) in [5.41, 5.74) is 3.85. The maximum absolute atomic E-state index is 13.2. The molecule has 0 bridgehead atoms. The minimum Gasteiger partial charge on any atom is -0.353 e. The molecule has 0 aliphatic carbocycles. The van der Waals surface area contributed by atoms with Gasteiger partial charge in [-0.2, -0.15) is 13.2 Å². The topological polar surface area (TPSA) is 61.4 Å². The van der Waals surface area contributed by atoms with E-state index in [4.69, 9.17) is 0 Å². The minimum absolute atomic E-state index is 0.232. The lowest BCUT2D eigenvalue weighted by atomic mass is 9.98. The normalized spacial score (nSPS) is 12.3. The summed E-state index contributed by atoms with van der Waals surface area (Å²) in [5, 5.41) is 5.78. The highest BCUT2D eigenvalue weighted by Crippen LogP contribution is 2.32. The molecule has 2 N–H and O–H groups in total. The Morgan fingerprint density at radius 2 is 1.67 bits per heavy atom. The highest BCUT2D eigenvalue weighted by Gasteiger charge is 2.30. The minimum atomic E-state index is -4.42. The summed E-state index contributed by atoms with van der Waals surface area (Å²) in [6, 6.07) is 16.9. The third kappa shape index (κ3) is 8.68. The van der Waals surface area contributed by atoms with Crippen LogP contribution in [0.25, 0.3) is 11.1 Å². The first-order valence-electron chi connectivity index (χ1n) is 13.1. The maximum Gasteiger partial charge on any atom is 0.416 e. The van der Waals surface area contributed by atoms with Crippen LogP contribution in [0.5, 0.6) is 0 Å². The van der Waals surface area contributed by atoms with Gasteiger partial charge in [0.2, 0.25) is 5.91 Å². The quantitative estimate of drug-likeness (QED) is 0.331. The molecule has 3 aromatic carbocycles. The van der Waals surface area contributed by atoms with Crippen LogP contribution in [0.2, 0.25) is 0 Å². The molecule has 0 aliphatic heterocycles.